The molecule has 0 unspecified atom stereocenters. The van der Waals surface area contributed by atoms with Gasteiger partial charge in [-0.3, -0.25) is 4.79 Å². The zero-order chi connectivity index (χ0) is 21.0. The number of esters is 1. The summed E-state index contributed by atoms with van der Waals surface area (Å²) in [5.74, 6) is -0.704. The molecule has 3 rings (SSSR count). The minimum atomic E-state index is -0.971. The number of benzene rings is 2. The van der Waals surface area contributed by atoms with E-state index >= 15 is 0 Å². The molecule has 29 heavy (non-hydrogen) atoms. The van der Waals surface area contributed by atoms with E-state index in [2.05, 4.69) is 20.7 Å². The number of ether oxygens (including phenoxy) is 1. The number of carbonyl (C=O) groups excluding carboxylic acids is 2. The van der Waals surface area contributed by atoms with Gasteiger partial charge < -0.3 is 10.1 Å². The summed E-state index contributed by atoms with van der Waals surface area (Å²) in [6.45, 7) is 5.07. The summed E-state index contributed by atoms with van der Waals surface area (Å²) in [6.07, 6.45) is -0.971. The monoisotopic (exact) mass is 413 g/mol. The van der Waals surface area contributed by atoms with Gasteiger partial charge in [0.15, 0.2) is 12.6 Å². The van der Waals surface area contributed by atoms with Crippen LogP contribution in [0.4, 0.5) is 5.69 Å². The number of hydrogen-bond donors (Lipinski definition) is 1. The molecule has 150 valence electrons. The van der Waals surface area contributed by atoms with E-state index in [0.29, 0.717) is 16.5 Å². The van der Waals surface area contributed by atoms with Gasteiger partial charge >= 0.3 is 5.97 Å². The van der Waals surface area contributed by atoms with Crippen molar-refractivity contribution in [1.29, 1.82) is 0 Å². The lowest BCUT2D eigenvalue weighted by Gasteiger charge is -2.15. The normalized spacial score (nSPS) is 11.7. The van der Waals surface area contributed by atoms with Gasteiger partial charge in [0.25, 0.3) is 5.91 Å². The first-order chi connectivity index (χ1) is 13.8. The molecule has 3 aromatic rings. The van der Waals surface area contributed by atoms with Crippen LogP contribution in [-0.4, -0.2) is 38.2 Å². The smallest absolute Gasteiger partial charge is 0.330 e. The van der Waals surface area contributed by atoms with Gasteiger partial charge in [-0.15, -0.1) is 10.2 Å². The zero-order valence-corrected chi connectivity index (χ0v) is 17.0. The molecule has 1 amide bonds. The standard InChI is InChI=1S/C20H20ClN5O3/c1-12-4-5-13(2)17(10-12)22-20(28)14(3)29-18(27)11-26-24-19(23-25-26)15-6-8-16(21)9-7-15/h4-10,14H,11H2,1-3H3,(H,22,28)/t14-/m1/s1. The molecule has 0 saturated heterocycles. The van der Waals surface area contributed by atoms with Crippen LogP contribution in [0.25, 0.3) is 11.4 Å². The Balaban J connectivity index is 1.56. The molecular formula is C20H20ClN5O3. The minimum Gasteiger partial charge on any atom is -0.451 e. The van der Waals surface area contributed by atoms with E-state index in [-0.39, 0.29) is 6.54 Å². The van der Waals surface area contributed by atoms with Gasteiger partial charge in [-0.25, -0.2) is 4.79 Å². The third-order valence-corrected chi connectivity index (χ3v) is 4.41. The van der Waals surface area contributed by atoms with Crippen molar-refractivity contribution in [3.05, 3.63) is 58.6 Å². The van der Waals surface area contributed by atoms with Gasteiger partial charge in [0.2, 0.25) is 5.82 Å². The molecule has 9 heteroatoms. The first-order valence-corrected chi connectivity index (χ1v) is 9.31. The second kappa shape index (κ2) is 8.83. The van der Waals surface area contributed by atoms with E-state index in [1.165, 1.54) is 6.92 Å². The largest absolute Gasteiger partial charge is 0.451 e. The van der Waals surface area contributed by atoms with Crippen molar-refractivity contribution in [2.24, 2.45) is 0 Å². The number of anilines is 1. The fraction of sp³-hybridized carbons (Fsp3) is 0.250. The number of aromatic nitrogens is 4. The second-order valence-corrected chi connectivity index (χ2v) is 7.03. The third-order valence-electron chi connectivity index (χ3n) is 4.15. The number of amides is 1. The highest BCUT2D eigenvalue weighted by Gasteiger charge is 2.20. The number of nitrogens with one attached hydrogen (secondary N) is 1. The summed E-state index contributed by atoms with van der Waals surface area (Å²) >= 11 is 5.86. The summed E-state index contributed by atoms with van der Waals surface area (Å²) < 4.78 is 5.19. The Morgan fingerprint density at radius 3 is 2.62 bits per heavy atom. The molecule has 0 bridgehead atoms. The number of carbonyl (C=O) groups is 2. The lowest BCUT2D eigenvalue weighted by molar-refractivity contribution is -0.154. The molecule has 1 aromatic heterocycles. The molecule has 1 atom stereocenters. The molecule has 1 heterocycles. The maximum atomic E-state index is 12.3. The van der Waals surface area contributed by atoms with Crippen LogP contribution < -0.4 is 5.32 Å². The summed E-state index contributed by atoms with van der Waals surface area (Å²) in [6, 6.07) is 12.7. The average molecular weight is 414 g/mol. The van der Waals surface area contributed by atoms with E-state index < -0.39 is 18.0 Å². The van der Waals surface area contributed by atoms with Crippen LogP contribution in [0.2, 0.25) is 5.02 Å². The Morgan fingerprint density at radius 1 is 1.17 bits per heavy atom. The summed E-state index contributed by atoms with van der Waals surface area (Å²) in [5, 5.41) is 15.3. The van der Waals surface area contributed by atoms with Crippen LogP contribution in [0.5, 0.6) is 0 Å². The lowest BCUT2D eigenvalue weighted by Crippen LogP contribution is -2.31. The fourth-order valence-corrected chi connectivity index (χ4v) is 2.66. The van der Waals surface area contributed by atoms with Crippen molar-refractivity contribution < 1.29 is 14.3 Å². The third kappa shape index (κ3) is 5.39. The van der Waals surface area contributed by atoms with Crippen LogP contribution >= 0.6 is 11.6 Å². The van der Waals surface area contributed by atoms with E-state index in [4.69, 9.17) is 16.3 Å². The van der Waals surface area contributed by atoms with Crippen molar-refractivity contribution in [2.75, 3.05) is 5.32 Å². The van der Waals surface area contributed by atoms with Crippen molar-refractivity contribution in [3.8, 4) is 11.4 Å². The molecular weight excluding hydrogens is 394 g/mol. The first-order valence-electron chi connectivity index (χ1n) is 8.93. The van der Waals surface area contributed by atoms with Gasteiger partial charge in [0, 0.05) is 16.3 Å². The predicted octanol–water partition coefficient (Wildman–Crippen LogP) is 3.18. The highest BCUT2D eigenvalue weighted by Crippen LogP contribution is 2.18. The van der Waals surface area contributed by atoms with Crippen LogP contribution in [0, 0.1) is 13.8 Å². The maximum absolute atomic E-state index is 12.3. The fourth-order valence-electron chi connectivity index (χ4n) is 2.53. The van der Waals surface area contributed by atoms with Gasteiger partial charge in [-0.2, -0.15) is 4.80 Å². The van der Waals surface area contributed by atoms with Crippen molar-refractivity contribution in [2.45, 2.75) is 33.4 Å². The van der Waals surface area contributed by atoms with E-state index in [1.54, 1.807) is 24.3 Å². The molecule has 0 radical (unpaired) electrons. The number of halogens is 1. The van der Waals surface area contributed by atoms with Crippen molar-refractivity contribution in [1.82, 2.24) is 20.2 Å². The number of hydrogen-bond acceptors (Lipinski definition) is 6. The molecule has 0 aliphatic carbocycles. The van der Waals surface area contributed by atoms with Gasteiger partial charge in [0.1, 0.15) is 0 Å². The van der Waals surface area contributed by atoms with E-state index in [1.807, 2.05) is 32.0 Å². The molecule has 0 aliphatic rings. The first kappa shape index (κ1) is 20.5. The molecule has 0 saturated carbocycles. The second-order valence-electron chi connectivity index (χ2n) is 6.59. The predicted molar refractivity (Wildman–Crippen MR) is 108 cm³/mol. The average Bonchev–Trinajstić information content (AvgIpc) is 3.13. The van der Waals surface area contributed by atoms with E-state index in [9.17, 15) is 9.59 Å². The highest BCUT2D eigenvalue weighted by atomic mass is 35.5. The number of rotatable bonds is 6. The number of nitrogens with zero attached hydrogens (tertiary/aromatic N) is 4. The van der Waals surface area contributed by atoms with Crippen molar-refractivity contribution in [3.63, 3.8) is 0 Å². The molecule has 0 aliphatic heterocycles. The Bertz CT molecular complexity index is 1030. The van der Waals surface area contributed by atoms with E-state index in [0.717, 1.165) is 21.5 Å². The Labute approximate surface area is 172 Å². The van der Waals surface area contributed by atoms with Crippen LogP contribution in [-0.2, 0) is 20.9 Å². The highest BCUT2D eigenvalue weighted by molar-refractivity contribution is 6.30. The van der Waals surface area contributed by atoms with Gasteiger partial charge in [-0.1, -0.05) is 23.7 Å². The molecule has 0 fully saturated rings. The van der Waals surface area contributed by atoms with Crippen LogP contribution in [0.1, 0.15) is 18.1 Å². The Morgan fingerprint density at radius 2 is 1.90 bits per heavy atom. The number of tetrazole rings is 1. The van der Waals surface area contributed by atoms with Gasteiger partial charge in [-0.05, 0) is 67.4 Å². The molecule has 1 N–H and O–H groups in total. The quantitative estimate of drug-likeness (QED) is 0.623. The zero-order valence-electron chi connectivity index (χ0n) is 16.2. The SMILES string of the molecule is Cc1ccc(C)c(NC(=O)[C@@H](C)OC(=O)Cn2nnc(-c3ccc(Cl)cc3)n2)c1. The molecule has 2 aromatic carbocycles. The summed E-state index contributed by atoms with van der Waals surface area (Å²) in [7, 11) is 0. The van der Waals surface area contributed by atoms with Crippen molar-refractivity contribution >= 4 is 29.2 Å². The summed E-state index contributed by atoms with van der Waals surface area (Å²) in [4.78, 5) is 25.6. The van der Waals surface area contributed by atoms with Gasteiger partial charge in [0.05, 0.1) is 0 Å². The maximum Gasteiger partial charge on any atom is 0.330 e. The van der Waals surface area contributed by atoms with Crippen LogP contribution in [0.15, 0.2) is 42.5 Å². The molecule has 0 spiro atoms. The van der Waals surface area contributed by atoms with Crippen LogP contribution in [0.3, 0.4) is 0 Å². The Hall–Kier alpha value is -3.26. The Kier molecular flexibility index (Phi) is 6.23. The molecule has 8 nitrogen and oxygen atoms in total. The number of aryl methyl sites for hydroxylation is 2. The lowest BCUT2D eigenvalue weighted by atomic mass is 10.1. The minimum absolute atomic E-state index is 0.262. The topological polar surface area (TPSA) is 99.0 Å². The summed E-state index contributed by atoms with van der Waals surface area (Å²) in [5.41, 5.74) is 3.34.